The molecular formula is C19H32FNO2S. The summed E-state index contributed by atoms with van der Waals surface area (Å²) in [4.78, 5) is 14.7. The molecule has 0 aliphatic carbocycles. The summed E-state index contributed by atoms with van der Waals surface area (Å²) in [5.41, 5.74) is -0.0672. The summed E-state index contributed by atoms with van der Waals surface area (Å²) in [5.74, 6) is -0.223. The number of carbonyl (C=O) groups excluding carboxylic acids is 1. The third kappa shape index (κ3) is 8.22. The van der Waals surface area contributed by atoms with Crippen molar-refractivity contribution in [2.45, 2.75) is 83.0 Å². The molecule has 1 heterocycles. The molecule has 0 spiro atoms. The first-order valence-electron chi connectivity index (χ1n) is 9.37. The van der Waals surface area contributed by atoms with Gasteiger partial charge in [0.15, 0.2) is 11.5 Å². The molecule has 0 aromatic carbocycles. The van der Waals surface area contributed by atoms with Crippen LogP contribution in [0.25, 0.3) is 0 Å². The molecule has 0 atom stereocenters. The fourth-order valence-corrected chi connectivity index (χ4v) is 3.56. The highest BCUT2D eigenvalue weighted by Gasteiger charge is 2.18. The van der Waals surface area contributed by atoms with Gasteiger partial charge in [-0.15, -0.1) is 11.8 Å². The summed E-state index contributed by atoms with van der Waals surface area (Å²) >= 11 is 1.47. The van der Waals surface area contributed by atoms with Crippen LogP contribution in [0.4, 0.5) is 4.39 Å². The van der Waals surface area contributed by atoms with Gasteiger partial charge in [0.25, 0.3) is 0 Å². The first kappa shape index (κ1) is 21.1. The van der Waals surface area contributed by atoms with Gasteiger partial charge in [-0.1, -0.05) is 64.7 Å². The number of aromatic amines is 1. The first-order valence-corrected chi connectivity index (χ1v) is 10.4. The SMILES string of the molecule is CCCCCCCCCCCCSc1c[nH]c(C(=O)OCC)c1F. The van der Waals surface area contributed by atoms with E-state index in [9.17, 15) is 9.18 Å². The van der Waals surface area contributed by atoms with E-state index in [0.717, 1.165) is 12.2 Å². The normalized spacial score (nSPS) is 11.0. The van der Waals surface area contributed by atoms with E-state index in [4.69, 9.17) is 4.74 Å². The summed E-state index contributed by atoms with van der Waals surface area (Å²) in [6.45, 7) is 4.20. The molecule has 138 valence electrons. The molecule has 0 amide bonds. The Morgan fingerprint density at radius 3 is 2.21 bits per heavy atom. The van der Waals surface area contributed by atoms with Crippen LogP contribution in [0.3, 0.4) is 0 Å². The van der Waals surface area contributed by atoms with Crippen LogP contribution >= 0.6 is 11.8 Å². The van der Waals surface area contributed by atoms with Crippen LogP contribution in [0, 0.1) is 5.82 Å². The molecular weight excluding hydrogens is 325 g/mol. The number of unbranched alkanes of at least 4 members (excludes halogenated alkanes) is 9. The van der Waals surface area contributed by atoms with E-state index in [1.54, 1.807) is 13.1 Å². The van der Waals surface area contributed by atoms with Crippen molar-refractivity contribution in [2.75, 3.05) is 12.4 Å². The van der Waals surface area contributed by atoms with Gasteiger partial charge in [-0.3, -0.25) is 0 Å². The molecule has 0 radical (unpaired) electrons. The number of carbonyl (C=O) groups is 1. The topological polar surface area (TPSA) is 42.1 Å². The van der Waals surface area contributed by atoms with Crippen molar-refractivity contribution in [3.63, 3.8) is 0 Å². The number of hydrogen-bond acceptors (Lipinski definition) is 3. The van der Waals surface area contributed by atoms with E-state index in [0.29, 0.717) is 4.90 Å². The smallest absolute Gasteiger partial charge is 0.357 e. The Morgan fingerprint density at radius 2 is 1.62 bits per heavy atom. The van der Waals surface area contributed by atoms with Crippen LogP contribution < -0.4 is 0 Å². The molecule has 0 bridgehead atoms. The van der Waals surface area contributed by atoms with E-state index in [2.05, 4.69) is 11.9 Å². The molecule has 1 aromatic rings. The fourth-order valence-electron chi connectivity index (χ4n) is 2.62. The first-order chi connectivity index (χ1) is 11.7. The number of thioether (sulfide) groups is 1. The molecule has 1 rings (SSSR count). The maximum Gasteiger partial charge on any atom is 0.357 e. The highest BCUT2D eigenvalue weighted by molar-refractivity contribution is 7.99. The van der Waals surface area contributed by atoms with Crippen molar-refractivity contribution in [1.82, 2.24) is 4.98 Å². The second kappa shape index (κ2) is 13.3. The summed E-state index contributed by atoms with van der Waals surface area (Å²) in [6.07, 6.45) is 14.5. The number of ether oxygens (including phenoxy) is 1. The fraction of sp³-hybridized carbons (Fsp3) is 0.737. The molecule has 0 unspecified atom stereocenters. The Bertz CT molecular complexity index is 462. The second-order valence-electron chi connectivity index (χ2n) is 6.09. The van der Waals surface area contributed by atoms with E-state index >= 15 is 0 Å². The van der Waals surface area contributed by atoms with Crippen molar-refractivity contribution in [3.05, 3.63) is 17.7 Å². The highest BCUT2D eigenvalue weighted by Crippen LogP contribution is 2.25. The number of aromatic nitrogens is 1. The zero-order valence-corrected chi connectivity index (χ0v) is 16.0. The largest absolute Gasteiger partial charge is 0.461 e. The third-order valence-electron chi connectivity index (χ3n) is 4.02. The van der Waals surface area contributed by atoms with Gasteiger partial charge < -0.3 is 9.72 Å². The number of esters is 1. The third-order valence-corrected chi connectivity index (χ3v) is 5.12. The van der Waals surface area contributed by atoms with Crippen LogP contribution in [0.5, 0.6) is 0 Å². The van der Waals surface area contributed by atoms with E-state index in [1.165, 1.54) is 69.5 Å². The van der Waals surface area contributed by atoms with Gasteiger partial charge in [0, 0.05) is 6.20 Å². The summed E-state index contributed by atoms with van der Waals surface area (Å²) in [5, 5.41) is 0. The molecule has 5 heteroatoms. The highest BCUT2D eigenvalue weighted by atomic mass is 32.2. The lowest BCUT2D eigenvalue weighted by molar-refractivity contribution is 0.0514. The van der Waals surface area contributed by atoms with E-state index in [-0.39, 0.29) is 12.3 Å². The lowest BCUT2D eigenvalue weighted by Gasteiger charge is -2.02. The maximum atomic E-state index is 14.1. The lowest BCUT2D eigenvalue weighted by atomic mass is 10.1. The predicted octanol–water partition coefficient (Wildman–Crippen LogP) is 6.34. The van der Waals surface area contributed by atoms with Gasteiger partial charge in [0.1, 0.15) is 0 Å². The summed E-state index contributed by atoms with van der Waals surface area (Å²) in [7, 11) is 0. The zero-order chi connectivity index (χ0) is 17.6. The minimum absolute atomic E-state index is 0.0672. The lowest BCUT2D eigenvalue weighted by Crippen LogP contribution is -2.06. The van der Waals surface area contributed by atoms with E-state index < -0.39 is 11.8 Å². The summed E-state index contributed by atoms with van der Waals surface area (Å²) < 4.78 is 18.9. The number of H-pyrrole nitrogens is 1. The van der Waals surface area contributed by atoms with Gasteiger partial charge in [0.2, 0.25) is 0 Å². The van der Waals surface area contributed by atoms with Gasteiger partial charge in [-0.2, -0.15) is 0 Å². The standard InChI is InChI=1S/C19H32FNO2S/c1-3-5-6-7-8-9-10-11-12-13-14-24-16-15-21-18(17(16)20)19(22)23-4-2/h15,21H,3-14H2,1-2H3. The maximum absolute atomic E-state index is 14.1. The summed E-state index contributed by atoms with van der Waals surface area (Å²) in [6, 6.07) is 0. The van der Waals surface area contributed by atoms with Gasteiger partial charge in [0.05, 0.1) is 11.5 Å². The minimum atomic E-state index is -0.624. The van der Waals surface area contributed by atoms with Crippen molar-refractivity contribution >= 4 is 17.7 Å². The monoisotopic (exact) mass is 357 g/mol. The van der Waals surface area contributed by atoms with Crippen molar-refractivity contribution in [3.8, 4) is 0 Å². The Balaban J connectivity index is 2.06. The molecule has 0 saturated heterocycles. The van der Waals surface area contributed by atoms with Crippen molar-refractivity contribution in [1.29, 1.82) is 0 Å². The van der Waals surface area contributed by atoms with Gasteiger partial charge in [-0.05, 0) is 19.1 Å². The van der Waals surface area contributed by atoms with Crippen LogP contribution in [0.1, 0.15) is 88.5 Å². The molecule has 0 aliphatic heterocycles. The van der Waals surface area contributed by atoms with Crippen LogP contribution in [0.15, 0.2) is 11.1 Å². The molecule has 3 nitrogen and oxygen atoms in total. The Labute approximate surface area is 150 Å². The van der Waals surface area contributed by atoms with Crippen LogP contribution in [0.2, 0.25) is 0 Å². The number of rotatable bonds is 14. The van der Waals surface area contributed by atoms with Gasteiger partial charge >= 0.3 is 5.97 Å². The van der Waals surface area contributed by atoms with Gasteiger partial charge in [-0.25, -0.2) is 9.18 Å². The van der Waals surface area contributed by atoms with Crippen LogP contribution in [-0.2, 0) is 4.74 Å². The van der Waals surface area contributed by atoms with E-state index in [1.807, 2.05) is 0 Å². The Morgan fingerprint density at radius 1 is 1.04 bits per heavy atom. The van der Waals surface area contributed by atoms with Crippen molar-refractivity contribution < 1.29 is 13.9 Å². The molecule has 0 aliphatic rings. The average Bonchev–Trinajstić information content (AvgIpc) is 2.94. The van der Waals surface area contributed by atoms with Crippen LogP contribution in [-0.4, -0.2) is 23.3 Å². The Hall–Kier alpha value is -0.970. The predicted molar refractivity (Wildman–Crippen MR) is 99.3 cm³/mol. The molecule has 1 aromatic heterocycles. The molecule has 0 fully saturated rings. The minimum Gasteiger partial charge on any atom is -0.461 e. The molecule has 1 N–H and O–H groups in total. The number of halogens is 1. The molecule has 24 heavy (non-hydrogen) atoms. The Kier molecular flexibility index (Phi) is 11.7. The average molecular weight is 358 g/mol. The van der Waals surface area contributed by atoms with Crippen molar-refractivity contribution in [2.24, 2.45) is 0 Å². The quantitative estimate of drug-likeness (QED) is 0.240. The number of nitrogens with one attached hydrogen (secondary N) is 1. The zero-order valence-electron chi connectivity index (χ0n) is 15.2. The second-order valence-corrected chi connectivity index (χ2v) is 7.23. The number of hydrogen-bond donors (Lipinski definition) is 1. The molecule has 0 saturated carbocycles.